The zero-order valence-corrected chi connectivity index (χ0v) is 12.8. The molecule has 1 N–H and O–H groups in total. The van der Waals surface area contributed by atoms with E-state index >= 15 is 0 Å². The molecule has 0 bridgehead atoms. The summed E-state index contributed by atoms with van der Waals surface area (Å²) in [5, 5.41) is 11.5. The van der Waals surface area contributed by atoms with Crippen molar-refractivity contribution in [3.8, 4) is 0 Å². The van der Waals surface area contributed by atoms with E-state index in [1.807, 2.05) is 0 Å². The number of anilines is 1. The fourth-order valence-corrected chi connectivity index (χ4v) is 3.09. The molecule has 4 rings (SSSR count). The number of hydrogen-bond donors (Lipinski definition) is 1. The molecule has 0 radical (unpaired) electrons. The first kappa shape index (κ1) is 14.0. The molecule has 1 aliphatic carbocycles. The third kappa shape index (κ3) is 2.86. The van der Waals surface area contributed by atoms with E-state index in [1.54, 1.807) is 18.5 Å². The molecule has 3 heterocycles. The Kier molecular flexibility index (Phi) is 3.61. The number of amides is 1. The SMILES string of the molecule is O=C(NCC1CN(c2cc3c(nn2)CCC3)C1)c1ncccn1. The molecule has 23 heavy (non-hydrogen) atoms. The van der Waals surface area contributed by atoms with Crippen molar-refractivity contribution >= 4 is 11.7 Å². The number of carbonyl (C=O) groups excluding carboxylic acids is 1. The van der Waals surface area contributed by atoms with Crippen LogP contribution in [0, 0.1) is 5.92 Å². The number of nitrogens with zero attached hydrogens (tertiary/aromatic N) is 5. The summed E-state index contributed by atoms with van der Waals surface area (Å²) < 4.78 is 0. The summed E-state index contributed by atoms with van der Waals surface area (Å²) in [6.45, 7) is 2.42. The molecular weight excluding hydrogens is 292 g/mol. The van der Waals surface area contributed by atoms with E-state index in [9.17, 15) is 4.79 Å². The van der Waals surface area contributed by atoms with Crippen LogP contribution in [0.25, 0.3) is 0 Å². The normalized spacial score (nSPS) is 16.8. The van der Waals surface area contributed by atoms with Crippen LogP contribution in [0.1, 0.15) is 28.3 Å². The Hall–Kier alpha value is -2.57. The number of carbonyl (C=O) groups is 1. The topological polar surface area (TPSA) is 83.9 Å². The molecule has 0 unspecified atom stereocenters. The largest absolute Gasteiger partial charge is 0.354 e. The van der Waals surface area contributed by atoms with Gasteiger partial charge < -0.3 is 10.2 Å². The Morgan fingerprint density at radius 2 is 2.04 bits per heavy atom. The van der Waals surface area contributed by atoms with Crippen LogP contribution < -0.4 is 10.2 Å². The maximum absolute atomic E-state index is 11.9. The summed E-state index contributed by atoms with van der Waals surface area (Å²) in [5.41, 5.74) is 2.49. The smallest absolute Gasteiger partial charge is 0.289 e. The summed E-state index contributed by atoms with van der Waals surface area (Å²) in [7, 11) is 0. The molecule has 1 aliphatic heterocycles. The molecule has 2 aromatic rings. The average Bonchev–Trinajstić information content (AvgIpc) is 3.01. The molecule has 2 aliphatic rings. The number of nitrogens with one attached hydrogen (secondary N) is 1. The third-order valence-corrected chi connectivity index (χ3v) is 4.41. The van der Waals surface area contributed by atoms with E-state index < -0.39 is 0 Å². The van der Waals surface area contributed by atoms with Gasteiger partial charge in [0.2, 0.25) is 5.82 Å². The quantitative estimate of drug-likeness (QED) is 0.891. The highest BCUT2D eigenvalue weighted by molar-refractivity contribution is 5.90. The van der Waals surface area contributed by atoms with Crippen LogP contribution in [-0.4, -0.2) is 45.7 Å². The van der Waals surface area contributed by atoms with E-state index in [4.69, 9.17) is 0 Å². The second kappa shape index (κ2) is 5.91. The maximum Gasteiger partial charge on any atom is 0.289 e. The van der Waals surface area contributed by atoms with Gasteiger partial charge in [0.15, 0.2) is 5.82 Å². The predicted molar refractivity (Wildman–Crippen MR) is 84.1 cm³/mol. The number of aryl methyl sites for hydroxylation is 2. The molecule has 0 atom stereocenters. The molecule has 0 saturated carbocycles. The Bertz CT molecular complexity index is 714. The molecule has 2 aromatic heterocycles. The van der Waals surface area contributed by atoms with Crippen LogP contribution in [0.2, 0.25) is 0 Å². The number of fused-ring (bicyclic) bond motifs is 1. The molecule has 7 nitrogen and oxygen atoms in total. The van der Waals surface area contributed by atoms with Crippen molar-refractivity contribution in [2.45, 2.75) is 19.3 Å². The Balaban J connectivity index is 1.28. The van der Waals surface area contributed by atoms with Crippen LogP contribution >= 0.6 is 0 Å². The van der Waals surface area contributed by atoms with Crippen molar-refractivity contribution < 1.29 is 4.79 Å². The van der Waals surface area contributed by atoms with Gasteiger partial charge in [-0.1, -0.05) is 0 Å². The van der Waals surface area contributed by atoms with Gasteiger partial charge in [0.25, 0.3) is 5.91 Å². The molecule has 7 heteroatoms. The van der Waals surface area contributed by atoms with Crippen LogP contribution in [0.15, 0.2) is 24.5 Å². The first-order valence-electron chi connectivity index (χ1n) is 7.95. The van der Waals surface area contributed by atoms with E-state index in [1.165, 1.54) is 12.0 Å². The minimum Gasteiger partial charge on any atom is -0.354 e. The Labute approximate surface area is 134 Å². The number of hydrogen-bond acceptors (Lipinski definition) is 6. The Morgan fingerprint density at radius 1 is 1.22 bits per heavy atom. The molecule has 0 spiro atoms. The molecule has 1 fully saturated rings. The maximum atomic E-state index is 11.9. The molecule has 1 saturated heterocycles. The van der Waals surface area contributed by atoms with Crippen molar-refractivity contribution in [3.05, 3.63) is 41.6 Å². The number of rotatable bonds is 4. The fraction of sp³-hybridized carbons (Fsp3) is 0.438. The van der Waals surface area contributed by atoms with Gasteiger partial charge in [-0.2, -0.15) is 5.10 Å². The van der Waals surface area contributed by atoms with Crippen LogP contribution in [0.3, 0.4) is 0 Å². The number of aromatic nitrogens is 4. The van der Waals surface area contributed by atoms with Gasteiger partial charge in [0, 0.05) is 37.9 Å². The fourth-order valence-electron chi connectivity index (χ4n) is 3.09. The summed E-state index contributed by atoms with van der Waals surface area (Å²) in [6.07, 6.45) is 6.49. The standard InChI is InChI=1S/C16H18N6O/c23-16(15-17-5-2-6-18-15)19-8-11-9-22(10-11)14-7-12-3-1-4-13(12)20-21-14/h2,5-7,11H,1,3-4,8-10H2,(H,19,23). The first-order valence-corrected chi connectivity index (χ1v) is 7.95. The van der Waals surface area contributed by atoms with Crippen molar-refractivity contribution in [3.63, 3.8) is 0 Å². The Morgan fingerprint density at radius 3 is 2.87 bits per heavy atom. The van der Waals surface area contributed by atoms with Gasteiger partial charge in [0.05, 0.1) is 5.69 Å². The van der Waals surface area contributed by atoms with Crippen molar-refractivity contribution in [1.29, 1.82) is 0 Å². The third-order valence-electron chi connectivity index (χ3n) is 4.41. The van der Waals surface area contributed by atoms with E-state index in [2.05, 4.69) is 36.4 Å². The lowest BCUT2D eigenvalue weighted by atomic mass is 10.00. The highest BCUT2D eigenvalue weighted by atomic mass is 16.2. The predicted octanol–water partition coefficient (Wildman–Crippen LogP) is 0.621. The highest BCUT2D eigenvalue weighted by Crippen LogP contribution is 2.26. The summed E-state index contributed by atoms with van der Waals surface area (Å²) in [5.74, 6) is 1.38. The van der Waals surface area contributed by atoms with E-state index in [0.717, 1.165) is 37.4 Å². The minimum absolute atomic E-state index is 0.216. The summed E-state index contributed by atoms with van der Waals surface area (Å²) >= 11 is 0. The van der Waals surface area contributed by atoms with Gasteiger partial charge in [-0.15, -0.1) is 5.10 Å². The first-order chi connectivity index (χ1) is 11.3. The lowest BCUT2D eigenvalue weighted by Crippen LogP contribution is -2.52. The van der Waals surface area contributed by atoms with Gasteiger partial charge in [-0.05, 0) is 37.0 Å². The monoisotopic (exact) mass is 310 g/mol. The molecular formula is C16H18N6O. The summed E-state index contributed by atoms with van der Waals surface area (Å²) in [6, 6.07) is 3.86. The second-order valence-electron chi connectivity index (χ2n) is 6.08. The zero-order valence-electron chi connectivity index (χ0n) is 12.8. The second-order valence-corrected chi connectivity index (χ2v) is 6.08. The highest BCUT2D eigenvalue weighted by Gasteiger charge is 2.29. The van der Waals surface area contributed by atoms with Crippen LogP contribution in [-0.2, 0) is 12.8 Å². The molecule has 1 amide bonds. The molecule has 0 aromatic carbocycles. The zero-order chi connectivity index (χ0) is 15.6. The lowest BCUT2D eigenvalue weighted by molar-refractivity contribution is 0.0934. The van der Waals surface area contributed by atoms with Crippen molar-refractivity contribution in [2.24, 2.45) is 5.92 Å². The van der Waals surface area contributed by atoms with Gasteiger partial charge in [-0.25, -0.2) is 9.97 Å². The minimum atomic E-state index is -0.221. The lowest BCUT2D eigenvalue weighted by Gasteiger charge is -2.40. The van der Waals surface area contributed by atoms with Gasteiger partial charge in [-0.3, -0.25) is 4.79 Å². The van der Waals surface area contributed by atoms with Crippen LogP contribution in [0.4, 0.5) is 5.82 Å². The van der Waals surface area contributed by atoms with Gasteiger partial charge >= 0.3 is 0 Å². The van der Waals surface area contributed by atoms with E-state index in [-0.39, 0.29) is 11.7 Å². The van der Waals surface area contributed by atoms with Gasteiger partial charge in [0.1, 0.15) is 0 Å². The van der Waals surface area contributed by atoms with Crippen molar-refractivity contribution in [1.82, 2.24) is 25.5 Å². The van der Waals surface area contributed by atoms with Crippen LogP contribution in [0.5, 0.6) is 0 Å². The average molecular weight is 310 g/mol. The van der Waals surface area contributed by atoms with E-state index in [0.29, 0.717) is 12.5 Å². The van der Waals surface area contributed by atoms with Crippen molar-refractivity contribution in [2.75, 3.05) is 24.5 Å². The molecule has 118 valence electrons. The summed E-state index contributed by atoms with van der Waals surface area (Å²) in [4.78, 5) is 22.0.